The molecule has 1 aliphatic heterocycles. The van der Waals surface area contributed by atoms with E-state index in [0.717, 1.165) is 85.1 Å². The molecule has 0 spiro atoms. The zero-order valence-electron chi connectivity index (χ0n) is 16.5. The average molecular weight is 404 g/mol. The van der Waals surface area contributed by atoms with Gasteiger partial charge in [-0.05, 0) is 38.3 Å². The van der Waals surface area contributed by atoms with Gasteiger partial charge in [-0.3, -0.25) is 9.69 Å². The highest BCUT2D eigenvalue weighted by atomic mass is 32.1. The van der Waals surface area contributed by atoms with E-state index < -0.39 is 0 Å². The Morgan fingerprint density at radius 2 is 2.07 bits per heavy atom. The topological polar surface area (TPSA) is 79.4 Å². The maximum Gasteiger partial charge on any atom is 0.261 e. The smallest absolute Gasteiger partial charge is 0.261 e. The first-order valence-corrected chi connectivity index (χ1v) is 11.1. The highest BCUT2D eigenvalue weighted by Crippen LogP contribution is 2.33. The number of aryl methyl sites for hydroxylation is 1. The van der Waals surface area contributed by atoms with Crippen molar-refractivity contribution >= 4 is 33.3 Å². The van der Waals surface area contributed by atoms with Crippen molar-refractivity contribution in [3.05, 3.63) is 16.8 Å². The number of carbonyl (C=O) groups excluding carboxylic acids is 1. The van der Waals surface area contributed by atoms with Gasteiger partial charge in [-0.2, -0.15) is 0 Å². The Bertz CT molecular complexity index is 812. The van der Waals surface area contributed by atoms with E-state index in [-0.39, 0.29) is 5.91 Å². The van der Waals surface area contributed by atoms with E-state index in [2.05, 4.69) is 25.5 Å². The van der Waals surface area contributed by atoms with Crippen LogP contribution in [0.3, 0.4) is 0 Å². The van der Waals surface area contributed by atoms with E-state index in [4.69, 9.17) is 4.74 Å². The molecule has 2 fully saturated rings. The molecule has 1 aliphatic carbocycles. The molecular formula is C20H29N5O2S. The van der Waals surface area contributed by atoms with Gasteiger partial charge >= 0.3 is 0 Å². The monoisotopic (exact) mass is 403 g/mol. The number of nitrogens with one attached hydrogen (secondary N) is 2. The van der Waals surface area contributed by atoms with Gasteiger partial charge in [0.05, 0.1) is 23.5 Å². The second-order valence-corrected chi connectivity index (χ2v) is 8.65. The number of ether oxygens (including phenoxy) is 1. The van der Waals surface area contributed by atoms with E-state index >= 15 is 0 Å². The van der Waals surface area contributed by atoms with Crippen LogP contribution in [0.1, 0.15) is 47.3 Å². The zero-order valence-corrected chi connectivity index (χ0v) is 17.3. The minimum Gasteiger partial charge on any atom is -0.379 e. The summed E-state index contributed by atoms with van der Waals surface area (Å²) in [6.07, 6.45) is 7.22. The second kappa shape index (κ2) is 9.15. The largest absolute Gasteiger partial charge is 0.379 e. The number of amides is 1. The van der Waals surface area contributed by atoms with Gasteiger partial charge in [0.25, 0.3) is 5.91 Å². The van der Waals surface area contributed by atoms with Crippen LogP contribution in [0.5, 0.6) is 0 Å². The molecule has 0 unspecified atom stereocenters. The van der Waals surface area contributed by atoms with Crippen LogP contribution in [0.25, 0.3) is 10.2 Å². The first kappa shape index (κ1) is 19.5. The lowest BCUT2D eigenvalue weighted by Gasteiger charge is -2.26. The molecule has 2 N–H and O–H groups in total. The van der Waals surface area contributed by atoms with Crippen molar-refractivity contribution in [2.75, 3.05) is 44.7 Å². The molecule has 1 saturated heterocycles. The van der Waals surface area contributed by atoms with Crippen molar-refractivity contribution in [1.82, 2.24) is 20.2 Å². The molecule has 2 aromatic heterocycles. The van der Waals surface area contributed by atoms with Crippen LogP contribution >= 0.6 is 11.3 Å². The first-order valence-electron chi connectivity index (χ1n) is 10.3. The molecule has 2 aromatic rings. The zero-order chi connectivity index (χ0) is 19.3. The van der Waals surface area contributed by atoms with Crippen LogP contribution in [0.4, 0.5) is 5.82 Å². The van der Waals surface area contributed by atoms with Gasteiger partial charge in [0.15, 0.2) is 0 Å². The molecule has 8 heteroatoms. The van der Waals surface area contributed by atoms with Gasteiger partial charge in [-0.25, -0.2) is 9.97 Å². The Morgan fingerprint density at radius 1 is 1.29 bits per heavy atom. The predicted octanol–water partition coefficient (Wildman–Crippen LogP) is 2.81. The maximum absolute atomic E-state index is 12.8. The summed E-state index contributed by atoms with van der Waals surface area (Å²) >= 11 is 1.47. The molecule has 152 valence electrons. The Morgan fingerprint density at radius 3 is 2.86 bits per heavy atom. The van der Waals surface area contributed by atoms with Crippen LogP contribution in [-0.4, -0.2) is 66.2 Å². The second-order valence-electron chi connectivity index (χ2n) is 7.65. The SMILES string of the molecule is Cc1c(C(=O)NC2CCCC2)sc2ncnc(NCCCN3CCOCC3)c12. The standard InChI is InChI=1S/C20H29N5O2S/c1-14-16-18(21-7-4-8-25-9-11-27-12-10-25)22-13-23-20(16)28-17(14)19(26)24-15-5-2-3-6-15/h13,15H,2-12H2,1H3,(H,24,26)(H,21,22,23). The van der Waals surface area contributed by atoms with Gasteiger partial charge in [0.2, 0.25) is 0 Å². The van der Waals surface area contributed by atoms with E-state index in [0.29, 0.717) is 6.04 Å². The lowest BCUT2D eigenvalue weighted by atomic mass is 10.1. The fraction of sp³-hybridized carbons (Fsp3) is 0.650. The van der Waals surface area contributed by atoms with E-state index in [1.165, 1.54) is 24.2 Å². The third kappa shape index (κ3) is 4.45. The number of fused-ring (bicyclic) bond motifs is 1. The molecular weight excluding hydrogens is 374 g/mol. The quantitative estimate of drug-likeness (QED) is 0.692. The number of carbonyl (C=O) groups is 1. The van der Waals surface area contributed by atoms with Crippen LogP contribution in [0.2, 0.25) is 0 Å². The van der Waals surface area contributed by atoms with Gasteiger partial charge in [0, 0.05) is 25.7 Å². The summed E-state index contributed by atoms with van der Waals surface area (Å²) in [7, 11) is 0. The van der Waals surface area contributed by atoms with Crippen molar-refractivity contribution in [3.63, 3.8) is 0 Å². The van der Waals surface area contributed by atoms with Crippen LogP contribution in [0, 0.1) is 6.92 Å². The van der Waals surface area contributed by atoms with Gasteiger partial charge < -0.3 is 15.4 Å². The minimum atomic E-state index is 0.0330. The number of anilines is 1. The molecule has 4 rings (SSSR count). The van der Waals surface area contributed by atoms with E-state index in [1.807, 2.05) is 6.92 Å². The summed E-state index contributed by atoms with van der Waals surface area (Å²) < 4.78 is 5.39. The summed E-state index contributed by atoms with van der Waals surface area (Å²) in [5.74, 6) is 0.867. The predicted molar refractivity (Wildman–Crippen MR) is 112 cm³/mol. The third-order valence-electron chi connectivity index (χ3n) is 5.67. The van der Waals surface area contributed by atoms with Crippen LogP contribution in [0.15, 0.2) is 6.33 Å². The third-order valence-corrected chi connectivity index (χ3v) is 6.87. The van der Waals surface area contributed by atoms with Gasteiger partial charge in [-0.1, -0.05) is 12.8 Å². The Hall–Kier alpha value is -1.77. The average Bonchev–Trinajstić information content (AvgIpc) is 3.34. The number of aromatic nitrogens is 2. The molecule has 1 amide bonds. The molecule has 2 aliphatic rings. The van der Waals surface area contributed by atoms with Crippen molar-refractivity contribution < 1.29 is 9.53 Å². The normalized spacial score (nSPS) is 18.6. The molecule has 1 saturated carbocycles. The molecule has 0 aromatic carbocycles. The molecule has 7 nitrogen and oxygen atoms in total. The number of rotatable bonds is 7. The van der Waals surface area contributed by atoms with Gasteiger partial charge in [0.1, 0.15) is 17.0 Å². The summed E-state index contributed by atoms with van der Waals surface area (Å²) in [4.78, 5) is 25.7. The lowest BCUT2D eigenvalue weighted by molar-refractivity contribution is 0.0378. The van der Waals surface area contributed by atoms with Crippen molar-refractivity contribution in [2.45, 2.75) is 45.1 Å². The molecule has 0 bridgehead atoms. The Labute approximate surface area is 169 Å². The Kier molecular flexibility index (Phi) is 6.39. The van der Waals surface area contributed by atoms with Gasteiger partial charge in [-0.15, -0.1) is 11.3 Å². The van der Waals surface area contributed by atoms with Crippen LogP contribution < -0.4 is 10.6 Å². The van der Waals surface area contributed by atoms with Crippen molar-refractivity contribution in [2.24, 2.45) is 0 Å². The highest BCUT2D eigenvalue weighted by Gasteiger charge is 2.23. The van der Waals surface area contributed by atoms with Crippen molar-refractivity contribution in [3.8, 4) is 0 Å². The summed E-state index contributed by atoms with van der Waals surface area (Å²) in [6.45, 7) is 7.61. The van der Waals surface area contributed by atoms with Crippen LogP contribution in [-0.2, 0) is 4.74 Å². The fourth-order valence-electron chi connectivity index (χ4n) is 4.08. The first-order chi connectivity index (χ1) is 13.7. The maximum atomic E-state index is 12.8. The molecule has 28 heavy (non-hydrogen) atoms. The number of hydrogen-bond acceptors (Lipinski definition) is 7. The summed E-state index contributed by atoms with van der Waals surface area (Å²) in [6, 6.07) is 0.320. The number of nitrogens with zero attached hydrogens (tertiary/aromatic N) is 3. The minimum absolute atomic E-state index is 0.0330. The highest BCUT2D eigenvalue weighted by molar-refractivity contribution is 7.20. The number of morpholine rings is 1. The molecule has 0 radical (unpaired) electrons. The number of thiophene rings is 1. The lowest BCUT2D eigenvalue weighted by Crippen LogP contribution is -2.37. The fourth-order valence-corrected chi connectivity index (χ4v) is 5.13. The summed E-state index contributed by atoms with van der Waals surface area (Å²) in [5.41, 5.74) is 0.978. The molecule has 0 atom stereocenters. The molecule has 3 heterocycles. The Balaban J connectivity index is 1.40. The van der Waals surface area contributed by atoms with E-state index in [1.54, 1.807) is 6.33 Å². The number of hydrogen-bond donors (Lipinski definition) is 2. The summed E-state index contributed by atoms with van der Waals surface area (Å²) in [5, 5.41) is 7.63. The van der Waals surface area contributed by atoms with E-state index in [9.17, 15) is 4.79 Å². The van der Waals surface area contributed by atoms with Crippen molar-refractivity contribution in [1.29, 1.82) is 0 Å².